The number of aliphatic imine (C=N–C) groups is 1. The SMILES string of the molecule is C[C@H](NC(=O)[C@@H](NC(=O)[C@@H](N)CCCCN)[C@@H](O)CN)C(=O)NCC(=O)/N=C(\CCCN)C(=O)N1CCCC[C@H]1C(=O)N[C@@H](Cc1cnc[nH]1)C(=O)N[C@@H](CCCCN)C(=O)N/C(=C\CCNC(=N)N)C(=O)O. The van der Waals surface area contributed by atoms with Crippen molar-refractivity contribution < 1.29 is 53.4 Å². The number of guanidine groups is 1. The summed E-state index contributed by atoms with van der Waals surface area (Å²) in [5.74, 6) is -8.51. The van der Waals surface area contributed by atoms with E-state index in [4.69, 9.17) is 39.8 Å². The van der Waals surface area contributed by atoms with Gasteiger partial charge in [-0.3, -0.25) is 43.8 Å². The minimum atomic E-state index is -1.57. The Morgan fingerprint density at radius 3 is 2.16 bits per heavy atom. The van der Waals surface area contributed by atoms with Crippen LogP contribution in [0.15, 0.2) is 29.3 Å². The lowest BCUT2D eigenvalue weighted by molar-refractivity contribution is -0.139. The van der Waals surface area contributed by atoms with E-state index in [0.29, 0.717) is 50.8 Å². The van der Waals surface area contributed by atoms with Gasteiger partial charge in [-0.15, -0.1) is 0 Å². The first kappa shape index (κ1) is 62.2. The van der Waals surface area contributed by atoms with E-state index in [0.717, 1.165) is 0 Å². The Balaban J connectivity index is 2.28. The monoisotopic (exact) mass is 1030 g/mol. The number of aliphatic carboxylic acids is 1. The third-order valence-corrected chi connectivity index (χ3v) is 11.4. The molecule has 0 aromatic carbocycles. The summed E-state index contributed by atoms with van der Waals surface area (Å²) in [6, 6.07) is -7.71. The molecular weight excluding hydrogens is 957 g/mol. The van der Waals surface area contributed by atoms with Crippen LogP contribution >= 0.6 is 0 Å². The van der Waals surface area contributed by atoms with Gasteiger partial charge >= 0.3 is 5.97 Å². The Bertz CT molecular complexity index is 2070. The van der Waals surface area contributed by atoms with Gasteiger partial charge in [-0.2, -0.15) is 0 Å². The number of hydrogen-bond donors (Lipinski definition) is 17. The van der Waals surface area contributed by atoms with Crippen molar-refractivity contribution in [1.82, 2.24) is 52.1 Å². The molecule has 2 rings (SSSR count). The number of nitrogens with two attached hydrogens (primary N) is 6. The molecule has 0 unspecified atom stereocenters. The molecule has 73 heavy (non-hydrogen) atoms. The van der Waals surface area contributed by atoms with Gasteiger partial charge in [0.1, 0.15) is 41.6 Å². The minimum Gasteiger partial charge on any atom is -0.477 e. The summed E-state index contributed by atoms with van der Waals surface area (Å²) in [5, 5.41) is 44.7. The second-order valence-electron chi connectivity index (χ2n) is 17.2. The number of carboxylic acids is 1. The van der Waals surface area contributed by atoms with E-state index in [1.807, 2.05) is 0 Å². The van der Waals surface area contributed by atoms with Crippen LogP contribution < -0.4 is 71.6 Å². The molecule has 0 spiro atoms. The van der Waals surface area contributed by atoms with Gasteiger partial charge in [-0.05, 0) is 97.2 Å². The standard InChI is InChI=1S/C44H76N18O11/c1-25(56-41(70)35(33(63)21-48)61-37(66)27(49)10-2-5-15-45)36(65)54-23-34(64)57-29(12-8-17-47)42(71)62-19-7-4-14-32(62)40(69)60-31(20-26-22-52-24-55-26)39(68)58-28(11-3-6-16-46)38(67)59-30(43(72)73)13-9-18-53-44(50)51/h13,22,24-25,27-28,31-33,35,63H,2-12,14-21,23,45-49H2,1H3,(H,52,55)(H,54,65)(H,56,70)(H,58,68)(H,59,67)(H,60,69)(H,61,66)(H,72,73)(H4,50,51,53)/b30-13-,57-29+/t25-,27-,28-,31-,32-,33-,35-/m0/s1. The van der Waals surface area contributed by atoms with E-state index in [9.17, 15) is 53.4 Å². The fourth-order valence-electron chi connectivity index (χ4n) is 7.30. The molecule has 1 aliphatic heterocycles. The van der Waals surface area contributed by atoms with Gasteiger partial charge in [0, 0.05) is 37.9 Å². The Morgan fingerprint density at radius 1 is 0.863 bits per heavy atom. The zero-order valence-electron chi connectivity index (χ0n) is 41.3. The van der Waals surface area contributed by atoms with E-state index in [1.165, 1.54) is 30.4 Å². The number of nitrogens with zero attached hydrogens (tertiary/aromatic N) is 3. The molecule has 23 N–H and O–H groups in total. The number of rotatable bonds is 33. The summed E-state index contributed by atoms with van der Waals surface area (Å²) in [5.41, 5.74) is 33.3. The minimum absolute atomic E-state index is 0.0420. The lowest BCUT2D eigenvalue weighted by Gasteiger charge is -2.36. The molecule has 29 nitrogen and oxygen atoms in total. The zero-order chi connectivity index (χ0) is 54.5. The predicted molar refractivity (Wildman–Crippen MR) is 266 cm³/mol. The van der Waals surface area contributed by atoms with Crippen molar-refractivity contribution in [3.8, 4) is 0 Å². The molecule has 8 amide bonds. The quantitative estimate of drug-likeness (QED) is 0.0135. The van der Waals surface area contributed by atoms with Gasteiger partial charge in [0.05, 0.1) is 25.0 Å². The summed E-state index contributed by atoms with van der Waals surface area (Å²) >= 11 is 0. The summed E-state index contributed by atoms with van der Waals surface area (Å²) < 4.78 is 0. The number of nitrogens with one attached hydrogen (secondary N) is 9. The number of hydrogen-bond acceptors (Lipinski definition) is 17. The second kappa shape index (κ2) is 33.7. The molecule has 1 aliphatic rings. The van der Waals surface area contributed by atoms with Crippen LogP contribution in [0.2, 0.25) is 0 Å². The summed E-state index contributed by atoms with van der Waals surface area (Å²) in [6.45, 7) is 1.06. The number of imidazole rings is 1. The number of unbranched alkanes of at least 4 members (excludes halogenated alkanes) is 2. The van der Waals surface area contributed by atoms with Crippen molar-refractivity contribution in [3.05, 3.63) is 30.0 Å². The van der Waals surface area contributed by atoms with Gasteiger partial charge in [-0.1, -0.05) is 12.5 Å². The van der Waals surface area contributed by atoms with Crippen LogP contribution in [0.4, 0.5) is 0 Å². The fraction of sp³-hybridized carbons (Fsp3) is 0.636. The van der Waals surface area contributed by atoms with Crippen molar-refractivity contribution in [3.63, 3.8) is 0 Å². The number of carboxylic acid groups (broad SMARTS) is 1. The van der Waals surface area contributed by atoms with Crippen LogP contribution in [0.5, 0.6) is 0 Å². The number of likely N-dealkylation sites (tertiary alicyclic amines) is 1. The van der Waals surface area contributed by atoms with Crippen molar-refractivity contribution >= 4 is 64.9 Å². The third-order valence-electron chi connectivity index (χ3n) is 11.4. The van der Waals surface area contributed by atoms with Crippen LogP contribution in [0.3, 0.4) is 0 Å². The van der Waals surface area contributed by atoms with Gasteiger partial charge in [0.15, 0.2) is 5.96 Å². The number of carbonyl (C=O) groups is 9. The highest BCUT2D eigenvalue weighted by Gasteiger charge is 2.37. The second-order valence-corrected chi connectivity index (χ2v) is 17.2. The van der Waals surface area contributed by atoms with Gasteiger partial charge in [-0.25, -0.2) is 14.8 Å². The largest absolute Gasteiger partial charge is 0.477 e. The van der Waals surface area contributed by atoms with Crippen LogP contribution in [0.1, 0.15) is 89.7 Å². The average Bonchev–Trinajstić information content (AvgIpc) is 3.88. The molecule has 0 bridgehead atoms. The van der Waals surface area contributed by atoms with Crippen molar-refractivity contribution in [2.45, 2.75) is 133 Å². The van der Waals surface area contributed by atoms with Crippen molar-refractivity contribution in [2.75, 3.05) is 45.8 Å². The molecule has 0 aliphatic carbocycles. The summed E-state index contributed by atoms with van der Waals surface area (Å²) in [6.07, 6.45) is 5.91. The van der Waals surface area contributed by atoms with Crippen LogP contribution in [0.25, 0.3) is 0 Å². The highest BCUT2D eigenvalue weighted by atomic mass is 16.4. The highest BCUT2D eigenvalue weighted by Crippen LogP contribution is 2.20. The molecular formula is C44H76N18O11. The zero-order valence-corrected chi connectivity index (χ0v) is 41.3. The number of aromatic nitrogens is 2. The lowest BCUT2D eigenvalue weighted by atomic mass is 9.99. The van der Waals surface area contributed by atoms with Crippen molar-refractivity contribution in [1.29, 1.82) is 5.41 Å². The smallest absolute Gasteiger partial charge is 0.352 e. The molecule has 1 aromatic rings. The van der Waals surface area contributed by atoms with E-state index < -0.39 is 114 Å². The van der Waals surface area contributed by atoms with Gasteiger partial charge in [0.25, 0.3) is 11.8 Å². The Labute approximate surface area is 422 Å². The molecule has 1 aromatic heterocycles. The molecule has 7 atom stereocenters. The Hall–Kier alpha value is -6.92. The lowest BCUT2D eigenvalue weighted by Crippen LogP contribution is -2.60. The molecule has 2 heterocycles. The fourth-order valence-corrected chi connectivity index (χ4v) is 7.30. The first-order valence-corrected chi connectivity index (χ1v) is 24.2. The van der Waals surface area contributed by atoms with E-state index >= 15 is 0 Å². The Kier molecular flexibility index (Phi) is 28.7. The molecule has 1 fully saturated rings. The molecule has 408 valence electrons. The van der Waals surface area contributed by atoms with Crippen LogP contribution in [0, 0.1) is 5.41 Å². The molecule has 1 saturated heterocycles. The molecule has 0 radical (unpaired) electrons. The van der Waals surface area contributed by atoms with Crippen molar-refractivity contribution in [2.24, 2.45) is 39.4 Å². The number of piperidine rings is 1. The first-order valence-electron chi connectivity index (χ1n) is 24.2. The van der Waals surface area contributed by atoms with E-state index in [1.54, 1.807) is 0 Å². The average molecular weight is 1030 g/mol. The van der Waals surface area contributed by atoms with Gasteiger partial charge < -0.3 is 91.7 Å². The van der Waals surface area contributed by atoms with Crippen LogP contribution in [-0.4, -0.2) is 178 Å². The maximum Gasteiger partial charge on any atom is 0.352 e. The summed E-state index contributed by atoms with van der Waals surface area (Å²) in [7, 11) is 0. The molecule has 0 saturated carbocycles. The van der Waals surface area contributed by atoms with Crippen LogP contribution in [-0.2, 0) is 49.6 Å². The maximum absolute atomic E-state index is 14.2. The third kappa shape index (κ3) is 22.6. The van der Waals surface area contributed by atoms with E-state index in [-0.39, 0.29) is 82.8 Å². The topological polar surface area (TPSA) is 503 Å². The van der Waals surface area contributed by atoms with Gasteiger partial charge in [0.2, 0.25) is 35.4 Å². The summed E-state index contributed by atoms with van der Waals surface area (Å²) in [4.78, 5) is 132. The maximum atomic E-state index is 14.2. The normalized spacial score (nSPS) is 16.3. The first-order chi connectivity index (χ1) is 34.8. The number of amides is 8. The number of aliphatic hydroxyl groups excluding tert-OH is 1. The number of aliphatic hydroxyl groups is 1. The number of H-pyrrole nitrogens is 1. The Morgan fingerprint density at radius 2 is 1.55 bits per heavy atom. The molecule has 29 heteroatoms. The number of aromatic amines is 1. The number of carbonyl (C=O) groups excluding carboxylic acids is 8. The predicted octanol–water partition coefficient (Wildman–Crippen LogP) is -6.02. The van der Waals surface area contributed by atoms with E-state index in [2.05, 4.69) is 52.2 Å². The highest BCUT2D eigenvalue weighted by molar-refractivity contribution is 6.40.